The molecule has 14 nitrogen and oxygen atoms in total. The molecule has 0 aliphatic carbocycles. The number of rotatable bonds is 12. The molecule has 0 spiro atoms. The fourth-order valence-electron chi connectivity index (χ4n) is 4.75. The Bertz CT molecular complexity index is 1620. The third kappa shape index (κ3) is 6.47. The van der Waals surface area contributed by atoms with Gasteiger partial charge in [0, 0.05) is 44.5 Å². The molecule has 3 amide bonds. The molecule has 0 radical (unpaired) electrons. The van der Waals surface area contributed by atoms with Crippen LogP contribution in [0.25, 0.3) is 0 Å². The zero-order valence-corrected chi connectivity index (χ0v) is 23.3. The lowest BCUT2D eigenvalue weighted by Gasteiger charge is -2.17. The maximum Gasteiger partial charge on any atom is 0.323 e. The lowest BCUT2D eigenvalue weighted by atomic mass is 10.1. The summed E-state index contributed by atoms with van der Waals surface area (Å²) < 4.78 is 28.8. The van der Waals surface area contributed by atoms with Crippen LogP contribution in [0.1, 0.15) is 48.8 Å². The minimum atomic E-state index is -4.25. The molecule has 3 aromatic rings. The van der Waals surface area contributed by atoms with Crippen molar-refractivity contribution < 1.29 is 32.7 Å². The first-order valence-electron chi connectivity index (χ1n) is 13.3. The van der Waals surface area contributed by atoms with Gasteiger partial charge in [0.2, 0.25) is 10.0 Å². The van der Waals surface area contributed by atoms with E-state index in [9.17, 15) is 32.7 Å². The van der Waals surface area contributed by atoms with Gasteiger partial charge in [0.05, 0.1) is 28.6 Å². The summed E-state index contributed by atoms with van der Waals surface area (Å²) in [5.41, 5.74) is 2.59. The van der Waals surface area contributed by atoms with Crippen molar-refractivity contribution in [2.45, 2.75) is 31.8 Å². The van der Waals surface area contributed by atoms with E-state index in [-0.39, 0.29) is 16.7 Å². The minimum Gasteiger partial charge on any atom is -0.480 e. The van der Waals surface area contributed by atoms with Gasteiger partial charge in [-0.3, -0.25) is 28.8 Å². The molecule has 4 heterocycles. The van der Waals surface area contributed by atoms with Crippen LogP contribution in [0.3, 0.4) is 0 Å². The van der Waals surface area contributed by atoms with E-state index in [1.54, 1.807) is 16.8 Å². The minimum absolute atomic E-state index is 0.174. The molecule has 220 valence electrons. The number of benzene rings is 1. The number of aryl methyl sites for hydroxylation is 3. The zero-order valence-electron chi connectivity index (χ0n) is 22.4. The smallest absolute Gasteiger partial charge is 0.323 e. The van der Waals surface area contributed by atoms with E-state index >= 15 is 0 Å². The molecule has 0 saturated heterocycles. The second-order valence-corrected chi connectivity index (χ2v) is 11.8. The van der Waals surface area contributed by atoms with Gasteiger partial charge in [0.15, 0.2) is 0 Å². The predicted octanol–water partition coefficient (Wildman–Crippen LogP) is 0.278. The standard InChI is InChI=1S/C27H29N7O7S/c35-24(18-14-30-33(16-18)11-9-19-8-7-17-4-3-10-28-23(17)31-19)29-15-22(27(38)39)32-42(40,41)13-12-34-25(36)20-5-1-2-6-21(20)26(34)37/h1-2,5-8,14,16,22,32H,3-4,9-13,15H2,(H,28,31)(H,29,35)(H,38,39). The van der Waals surface area contributed by atoms with Gasteiger partial charge >= 0.3 is 5.97 Å². The van der Waals surface area contributed by atoms with Gasteiger partial charge < -0.3 is 15.7 Å². The summed E-state index contributed by atoms with van der Waals surface area (Å²) in [5, 5.41) is 19.4. The highest BCUT2D eigenvalue weighted by atomic mass is 32.2. The Morgan fingerprint density at radius 1 is 1.07 bits per heavy atom. The number of carboxylic acid groups (broad SMARTS) is 1. The van der Waals surface area contributed by atoms with Gasteiger partial charge in [0.25, 0.3) is 17.7 Å². The number of carbonyl (C=O) groups excluding carboxylic acids is 3. The van der Waals surface area contributed by atoms with E-state index < -0.39 is 58.6 Å². The molecule has 0 bridgehead atoms. The second-order valence-electron chi connectivity index (χ2n) is 9.93. The van der Waals surface area contributed by atoms with Crippen molar-refractivity contribution in [1.29, 1.82) is 0 Å². The normalized spacial score (nSPS) is 15.1. The van der Waals surface area contributed by atoms with Crippen molar-refractivity contribution in [3.63, 3.8) is 0 Å². The van der Waals surface area contributed by atoms with Crippen molar-refractivity contribution in [1.82, 2.24) is 29.7 Å². The van der Waals surface area contributed by atoms with Crippen LogP contribution in [0.15, 0.2) is 48.8 Å². The molecule has 2 aromatic heterocycles. The van der Waals surface area contributed by atoms with E-state index in [2.05, 4.69) is 26.8 Å². The number of nitrogens with one attached hydrogen (secondary N) is 3. The average Bonchev–Trinajstić information content (AvgIpc) is 3.55. The van der Waals surface area contributed by atoms with E-state index in [4.69, 9.17) is 0 Å². The van der Waals surface area contributed by atoms with E-state index in [0.717, 1.165) is 35.8 Å². The van der Waals surface area contributed by atoms with E-state index in [1.807, 2.05) is 10.8 Å². The van der Waals surface area contributed by atoms with Crippen molar-refractivity contribution in [2.75, 3.05) is 30.7 Å². The van der Waals surface area contributed by atoms with Crippen LogP contribution in [0.5, 0.6) is 0 Å². The molecule has 42 heavy (non-hydrogen) atoms. The SMILES string of the molecule is O=C(NCC(NS(=O)(=O)CCN1C(=O)c2ccccc2C1=O)C(=O)O)c1cnn(CCc2ccc3c(n2)NCCC3)c1. The largest absolute Gasteiger partial charge is 0.480 e. The number of aliphatic carboxylic acids is 1. The molecular weight excluding hydrogens is 566 g/mol. The maximum absolute atomic E-state index is 12.6. The highest BCUT2D eigenvalue weighted by molar-refractivity contribution is 7.89. The number of carbonyl (C=O) groups is 4. The van der Waals surface area contributed by atoms with Crippen LogP contribution in [-0.4, -0.2) is 88.3 Å². The molecule has 2 aliphatic heterocycles. The Hall–Kier alpha value is -4.63. The fraction of sp³-hybridized carbons (Fsp3) is 0.333. The summed E-state index contributed by atoms with van der Waals surface area (Å²) in [6.07, 6.45) is 5.49. The number of fused-ring (bicyclic) bond motifs is 2. The maximum atomic E-state index is 12.6. The van der Waals surface area contributed by atoms with Gasteiger partial charge in [-0.25, -0.2) is 13.4 Å². The lowest BCUT2D eigenvalue weighted by molar-refractivity contribution is -0.138. The number of pyridine rings is 1. The number of aromatic nitrogens is 3. The molecule has 4 N–H and O–H groups in total. The van der Waals surface area contributed by atoms with Crippen molar-refractivity contribution in [3.8, 4) is 0 Å². The Labute approximate surface area is 241 Å². The number of anilines is 1. The average molecular weight is 596 g/mol. The molecule has 15 heteroatoms. The monoisotopic (exact) mass is 595 g/mol. The molecule has 1 aromatic carbocycles. The number of sulfonamides is 1. The van der Waals surface area contributed by atoms with Crippen LogP contribution in [0, 0.1) is 0 Å². The fourth-order valence-corrected chi connectivity index (χ4v) is 5.90. The van der Waals surface area contributed by atoms with E-state index in [1.165, 1.54) is 30.1 Å². The second kappa shape index (κ2) is 12.1. The highest BCUT2D eigenvalue weighted by Gasteiger charge is 2.36. The first kappa shape index (κ1) is 28.9. The van der Waals surface area contributed by atoms with Crippen molar-refractivity contribution >= 4 is 39.5 Å². The molecular formula is C27H29N7O7S. The summed E-state index contributed by atoms with van der Waals surface area (Å²) in [6.45, 7) is 0.347. The lowest BCUT2D eigenvalue weighted by Crippen LogP contribution is -2.50. The molecule has 0 fully saturated rings. The molecule has 1 atom stereocenters. The van der Waals surface area contributed by atoms with Crippen LogP contribution in [-0.2, 0) is 34.2 Å². The summed E-state index contributed by atoms with van der Waals surface area (Å²) in [7, 11) is -4.25. The topological polar surface area (TPSA) is 193 Å². The Balaban J connectivity index is 1.11. The number of hydrogen-bond donors (Lipinski definition) is 4. The number of hydrogen-bond acceptors (Lipinski definition) is 9. The van der Waals surface area contributed by atoms with Gasteiger partial charge in [-0.1, -0.05) is 18.2 Å². The quantitative estimate of drug-likeness (QED) is 0.211. The van der Waals surface area contributed by atoms with Crippen molar-refractivity contribution in [2.24, 2.45) is 0 Å². The Kier molecular flexibility index (Phi) is 8.31. The number of amides is 3. The van der Waals surface area contributed by atoms with Crippen LogP contribution in [0.4, 0.5) is 5.82 Å². The van der Waals surface area contributed by atoms with Gasteiger partial charge in [-0.2, -0.15) is 9.82 Å². The van der Waals surface area contributed by atoms with Crippen LogP contribution < -0.4 is 15.4 Å². The summed E-state index contributed by atoms with van der Waals surface area (Å²) in [4.78, 5) is 54.7. The Morgan fingerprint density at radius 2 is 1.81 bits per heavy atom. The third-order valence-electron chi connectivity index (χ3n) is 6.99. The molecule has 1 unspecified atom stereocenters. The first-order valence-corrected chi connectivity index (χ1v) is 15.0. The predicted molar refractivity (Wildman–Crippen MR) is 149 cm³/mol. The Morgan fingerprint density at radius 3 is 2.52 bits per heavy atom. The number of carboxylic acids is 1. The van der Waals surface area contributed by atoms with Crippen LogP contribution in [0.2, 0.25) is 0 Å². The van der Waals surface area contributed by atoms with E-state index in [0.29, 0.717) is 13.0 Å². The third-order valence-corrected chi connectivity index (χ3v) is 8.36. The highest BCUT2D eigenvalue weighted by Crippen LogP contribution is 2.22. The number of imide groups is 1. The van der Waals surface area contributed by atoms with Gasteiger partial charge in [-0.05, 0) is 36.6 Å². The number of nitrogens with zero attached hydrogens (tertiary/aromatic N) is 4. The summed E-state index contributed by atoms with van der Waals surface area (Å²) in [5.74, 6) is -3.20. The molecule has 0 saturated carbocycles. The molecule has 5 rings (SSSR count). The zero-order chi connectivity index (χ0) is 29.9. The summed E-state index contributed by atoms with van der Waals surface area (Å²) in [6, 6.07) is 8.47. The van der Waals surface area contributed by atoms with Crippen LogP contribution >= 0.6 is 0 Å². The first-order chi connectivity index (χ1) is 20.1. The van der Waals surface area contributed by atoms with Crippen molar-refractivity contribution in [3.05, 3.63) is 76.7 Å². The summed E-state index contributed by atoms with van der Waals surface area (Å²) >= 11 is 0. The van der Waals surface area contributed by atoms with Gasteiger partial charge in [-0.15, -0.1) is 0 Å². The van der Waals surface area contributed by atoms with Gasteiger partial charge in [0.1, 0.15) is 11.9 Å². The molecule has 2 aliphatic rings.